The molecule has 0 saturated carbocycles. The number of rotatable bonds is 5. The van der Waals surface area contributed by atoms with Gasteiger partial charge in [0.05, 0.1) is 18.9 Å². The fourth-order valence-electron chi connectivity index (χ4n) is 3.00. The van der Waals surface area contributed by atoms with Gasteiger partial charge in [-0.3, -0.25) is 4.98 Å². The number of aromatic nitrogens is 1. The summed E-state index contributed by atoms with van der Waals surface area (Å²) in [6, 6.07) is 16.8. The fraction of sp³-hybridized carbons (Fsp3) is 0.143. The Morgan fingerprint density at radius 1 is 1.15 bits per heavy atom. The van der Waals surface area contributed by atoms with Crippen LogP contribution in [0.4, 0.5) is 5.69 Å². The Morgan fingerprint density at radius 3 is 2.89 bits per heavy atom. The summed E-state index contributed by atoms with van der Waals surface area (Å²) in [4.78, 5) is 7.73. The topological polar surface area (TPSA) is 44.9 Å². The summed E-state index contributed by atoms with van der Waals surface area (Å²) in [5, 5.41) is 0. The number of hydrogen-bond acceptors (Lipinski definition) is 4. The number of benzene rings is 2. The molecule has 0 saturated heterocycles. The zero-order chi connectivity index (χ0) is 18.6. The number of ether oxygens (including phenoxy) is 2. The third-order valence-corrected chi connectivity index (χ3v) is 4.43. The predicted octanol–water partition coefficient (Wildman–Crippen LogP) is 4.36. The van der Waals surface area contributed by atoms with Gasteiger partial charge < -0.3 is 14.1 Å². The summed E-state index contributed by atoms with van der Waals surface area (Å²) in [5.41, 5.74) is 3.63. The van der Waals surface area contributed by atoms with Crippen molar-refractivity contribution in [1.29, 1.82) is 0 Å². The third-order valence-electron chi connectivity index (χ3n) is 4.43. The largest absolute Gasteiger partial charge is 0.485 e. The van der Waals surface area contributed by atoms with E-state index < -0.39 is 0 Å². The first-order chi connectivity index (χ1) is 13.2. The van der Waals surface area contributed by atoms with Crippen LogP contribution in [0.25, 0.3) is 4.85 Å². The molecule has 1 aliphatic rings. The SMILES string of the molecule is [C-]#[N+]c1ccc(Oc2ccc3c(c2)COB3C)c(OCc2ccccn2)c1. The van der Waals surface area contributed by atoms with Crippen LogP contribution in [-0.2, 0) is 17.9 Å². The van der Waals surface area contributed by atoms with Crippen LogP contribution in [0.1, 0.15) is 11.3 Å². The van der Waals surface area contributed by atoms with E-state index >= 15 is 0 Å². The van der Waals surface area contributed by atoms with Gasteiger partial charge in [-0.15, -0.1) is 0 Å². The molecule has 0 amide bonds. The predicted molar refractivity (Wildman–Crippen MR) is 104 cm³/mol. The average Bonchev–Trinajstić information content (AvgIpc) is 3.08. The summed E-state index contributed by atoms with van der Waals surface area (Å²) < 4.78 is 17.6. The minimum Gasteiger partial charge on any atom is -0.485 e. The van der Waals surface area contributed by atoms with Crippen molar-refractivity contribution in [2.24, 2.45) is 0 Å². The van der Waals surface area contributed by atoms with E-state index in [4.69, 9.17) is 20.7 Å². The molecule has 6 heteroatoms. The number of pyridine rings is 1. The Balaban J connectivity index is 1.58. The van der Waals surface area contributed by atoms with Crippen molar-refractivity contribution >= 4 is 18.1 Å². The molecule has 132 valence electrons. The van der Waals surface area contributed by atoms with Gasteiger partial charge in [-0.1, -0.05) is 25.0 Å². The van der Waals surface area contributed by atoms with Gasteiger partial charge >= 0.3 is 6.92 Å². The van der Waals surface area contributed by atoms with Gasteiger partial charge in [-0.25, -0.2) is 4.85 Å². The maximum absolute atomic E-state index is 7.23. The maximum Gasteiger partial charge on any atom is 0.324 e. The van der Waals surface area contributed by atoms with Crippen LogP contribution < -0.4 is 14.9 Å². The first kappa shape index (κ1) is 17.1. The number of fused-ring (bicyclic) bond motifs is 1. The van der Waals surface area contributed by atoms with Gasteiger partial charge in [0, 0.05) is 6.20 Å². The molecule has 0 bridgehead atoms. The lowest BCUT2D eigenvalue weighted by Gasteiger charge is -2.13. The highest BCUT2D eigenvalue weighted by atomic mass is 16.5. The highest BCUT2D eigenvalue weighted by Crippen LogP contribution is 2.36. The molecular formula is C21H17BN2O3. The van der Waals surface area contributed by atoms with Crippen molar-refractivity contribution in [3.05, 3.63) is 83.5 Å². The standard InChI is InChI=1S/C21H17BN2O3/c1-22-19-8-7-18(11-15(19)13-26-22)27-20-9-6-16(23-2)12-21(20)25-14-17-5-3-4-10-24-17/h3-12H,13-14H2,1H3. The molecule has 0 fully saturated rings. The number of nitrogens with zero attached hydrogens (tertiary/aromatic N) is 2. The number of hydrogen-bond donors (Lipinski definition) is 0. The van der Waals surface area contributed by atoms with Crippen molar-refractivity contribution in [2.75, 3.05) is 0 Å². The Kier molecular flexibility index (Phi) is 4.77. The van der Waals surface area contributed by atoms with E-state index in [2.05, 4.69) is 9.83 Å². The summed E-state index contributed by atoms with van der Waals surface area (Å²) in [6.07, 6.45) is 1.72. The van der Waals surface area contributed by atoms with E-state index in [-0.39, 0.29) is 6.92 Å². The van der Waals surface area contributed by atoms with Crippen LogP contribution >= 0.6 is 0 Å². The Labute approximate surface area is 158 Å². The third kappa shape index (κ3) is 3.79. The zero-order valence-corrected chi connectivity index (χ0v) is 14.9. The van der Waals surface area contributed by atoms with Crippen molar-refractivity contribution in [3.8, 4) is 17.2 Å². The van der Waals surface area contributed by atoms with Gasteiger partial charge in [0.1, 0.15) is 12.4 Å². The molecule has 4 rings (SSSR count). The molecule has 27 heavy (non-hydrogen) atoms. The quantitative estimate of drug-likeness (QED) is 0.503. The molecule has 0 atom stereocenters. The minimum atomic E-state index is 0.115. The van der Waals surface area contributed by atoms with Crippen molar-refractivity contribution in [3.63, 3.8) is 0 Å². The summed E-state index contributed by atoms with van der Waals surface area (Å²) in [7, 11) is 0. The van der Waals surface area contributed by atoms with Crippen LogP contribution in [-0.4, -0.2) is 11.9 Å². The molecule has 2 aromatic carbocycles. The molecule has 0 spiro atoms. The van der Waals surface area contributed by atoms with Crippen LogP contribution in [0.15, 0.2) is 60.8 Å². The molecule has 2 heterocycles. The smallest absolute Gasteiger partial charge is 0.324 e. The van der Waals surface area contributed by atoms with Crippen molar-refractivity contribution in [2.45, 2.75) is 20.0 Å². The normalized spacial score (nSPS) is 12.4. The van der Waals surface area contributed by atoms with Crippen LogP contribution in [0.5, 0.6) is 17.2 Å². The molecule has 0 aliphatic carbocycles. The molecule has 3 aromatic rings. The molecule has 1 aromatic heterocycles. The zero-order valence-electron chi connectivity index (χ0n) is 14.9. The lowest BCUT2D eigenvalue weighted by molar-refractivity contribution is 0.287. The van der Waals surface area contributed by atoms with Crippen LogP contribution in [0.3, 0.4) is 0 Å². The van der Waals surface area contributed by atoms with Gasteiger partial charge in [0.15, 0.2) is 17.2 Å². The Hall–Kier alpha value is -3.30. The first-order valence-electron chi connectivity index (χ1n) is 8.69. The summed E-state index contributed by atoms with van der Waals surface area (Å²) in [6.45, 7) is 10.3. The molecule has 1 aliphatic heterocycles. The average molecular weight is 356 g/mol. The summed E-state index contributed by atoms with van der Waals surface area (Å²) >= 11 is 0. The minimum absolute atomic E-state index is 0.115. The van der Waals surface area contributed by atoms with E-state index in [0.717, 1.165) is 11.3 Å². The second-order valence-corrected chi connectivity index (χ2v) is 6.27. The van der Waals surface area contributed by atoms with E-state index in [1.54, 1.807) is 24.4 Å². The molecule has 0 N–H and O–H groups in total. The highest BCUT2D eigenvalue weighted by molar-refractivity contribution is 6.67. The van der Waals surface area contributed by atoms with Crippen LogP contribution in [0.2, 0.25) is 6.82 Å². The van der Waals surface area contributed by atoms with Gasteiger partial charge in [-0.2, -0.15) is 0 Å². The lowest BCUT2D eigenvalue weighted by Crippen LogP contribution is -2.23. The van der Waals surface area contributed by atoms with E-state index in [9.17, 15) is 0 Å². The second-order valence-electron chi connectivity index (χ2n) is 6.27. The molecular weight excluding hydrogens is 339 g/mol. The maximum atomic E-state index is 7.23. The van der Waals surface area contributed by atoms with E-state index in [1.807, 2.05) is 43.2 Å². The van der Waals surface area contributed by atoms with Gasteiger partial charge in [0.2, 0.25) is 0 Å². The van der Waals surface area contributed by atoms with Crippen molar-refractivity contribution < 1.29 is 14.1 Å². The molecule has 0 radical (unpaired) electrons. The highest BCUT2D eigenvalue weighted by Gasteiger charge is 2.23. The molecule has 5 nitrogen and oxygen atoms in total. The van der Waals surface area contributed by atoms with Crippen molar-refractivity contribution in [1.82, 2.24) is 4.98 Å². The fourth-order valence-corrected chi connectivity index (χ4v) is 3.00. The first-order valence-corrected chi connectivity index (χ1v) is 8.69. The monoisotopic (exact) mass is 356 g/mol. The van der Waals surface area contributed by atoms with Crippen LogP contribution in [0, 0.1) is 6.57 Å². The Morgan fingerprint density at radius 2 is 2.07 bits per heavy atom. The molecule has 0 unspecified atom stereocenters. The van der Waals surface area contributed by atoms with Gasteiger partial charge in [-0.05, 0) is 47.4 Å². The van der Waals surface area contributed by atoms with E-state index in [0.29, 0.717) is 36.1 Å². The van der Waals surface area contributed by atoms with E-state index in [1.165, 1.54) is 5.46 Å². The second kappa shape index (κ2) is 7.52. The Bertz CT molecular complexity index is 1000. The lowest BCUT2D eigenvalue weighted by atomic mass is 9.64. The summed E-state index contributed by atoms with van der Waals surface area (Å²) in [5.74, 6) is 1.79. The van der Waals surface area contributed by atoms with Gasteiger partial charge in [0.25, 0.3) is 0 Å².